The Balaban J connectivity index is 2.32. The van der Waals surface area contributed by atoms with Crippen LogP contribution >= 0.6 is 23.4 Å². The molecule has 0 radical (unpaired) electrons. The average Bonchev–Trinajstić information content (AvgIpc) is 2.39. The molecule has 0 aromatic heterocycles. The summed E-state index contributed by atoms with van der Waals surface area (Å²) >= 11 is 7.58. The molecule has 1 heterocycles. The predicted molar refractivity (Wildman–Crippen MR) is 76.3 cm³/mol. The first-order chi connectivity index (χ1) is 8.55. The van der Waals surface area contributed by atoms with E-state index in [0.717, 1.165) is 24.3 Å². The molecule has 1 aromatic rings. The normalized spacial score (nSPS) is 20.9. The highest BCUT2D eigenvalue weighted by molar-refractivity contribution is 7.98. The van der Waals surface area contributed by atoms with Crippen LogP contribution in [0.4, 0.5) is 0 Å². The Hall–Kier alpha value is -0.230. The largest absolute Gasteiger partial charge is 0.315 e. The SMILES string of the molecule is CSc1ccc(S(=O)(=O)C2CCCNC2)cc1Cl. The quantitative estimate of drug-likeness (QED) is 0.872. The molecule has 0 aliphatic carbocycles. The number of sulfone groups is 1. The number of nitrogens with one attached hydrogen (secondary N) is 1. The molecule has 1 aliphatic rings. The standard InChI is InChI=1S/C12H16ClNO2S2/c1-17-12-5-4-9(7-11(12)13)18(15,16)10-3-2-6-14-8-10/h4-5,7,10,14H,2-3,6,8H2,1H3. The van der Waals surface area contributed by atoms with E-state index in [0.29, 0.717) is 16.5 Å². The third-order valence-electron chi connectivity index (χ3n) is 3.14. The van der Waals surface area contributed by atoms with Crippen molar-refractivity contribution in [2.75, 3.05) is 19.3 Å². The molecule has 100 valence electrons. The van der Waals surface area contributed by atoms with Gasteiger partial charge in [-0.2, -0.15) is 0 Å². The van der Waals surface area contributed by atoms with Crippen molar-refractivity contribution in [3.8, 4) is 0 Å². The summed E-state index contributed by atoms with van der Waals surface area (Å²) in [5.41, 5.74) is 0. The number of hydrogen-bond donors (Lipinski definition) is 1. The van der Waals surface area contributed by atoms with Crippen molar-refractivity contribution < 1.29 is 8.42 Å². The predicted octanol–water partition coefficient (Wildman–Crippen LogP) is 2.59. The monoisotopic (exact) mass is 305 g/mol. The summed E-state index contributed by atoms with van der Waals surface area (Å²) in [5.74, 6) is 0. The van der Waals surface area contributed by atoms with E-state index in [9.17, 15) is 8.42 Å². The molecule has 1 saturated heterocycles. The Morgan fingerprint density at radius 3 is 2.78 bits per heavy atom. The average molecular weight is 306 g/mol. The Labute approximate surface area is 117 Å². The first-order valence-corrected chi connectivity index (χ1v) is 8.99. The third kappa shape index (κ3) is 2.85. The van der Waals surface area contributed by atoms with E-state index in [-0.39, 0.29) is 5.25 Å². The molecular formula is C12H16ClNO2S2. The first kappa shape index (κ1) is 14.2. The van der Waals surface area contributed by atoms with Gasteiger partial charge in [-0.25, -0.2) is 8.42 Å². The number of hydrogen-bond acceptors (Lipinski definition) is 4. The fraction of sp³-hybridized carbons (Fsp3) is 0.500. The van der Waals surface area contributed by atoms with Gasteiger partial charge >= 0.3 is 0 Å². The van der Waals surface area contributed by atoms with Crippen LogP contribution < -0.4 is 5.32 Å². The minimum atomic E-state index is -3.27. The zero-order valence-corrected chi connectivity index (χ0v) is 12.5. The van der Waals surface area contributed by atoms with Crippen molar-refractivity contribution in [3.63, 3.8) is 0 Å². The van der Waals surface area contributed by atoms with E-state index in [1.54, 1.807) is 18.2 Å². The van der Waals surface area contributed by atoms with Crippen molar-refractivity contribution in [1.29, 1.82) is 0 Å². The zero-order valence-electron chi connectivity index (χ0n) is 10.1. The molecular weight excluding hydrogens is 290 g/mol. The topological polar surface area (TPSA) is 46.2 Å². The van der Waals surface area contributed by atoms with Crippen LogP contribution in [0.5, 0.6) is 0 Å². The number of thioether (sulfide) groups is 1. The maximum Gasteiger partial charge on any atom is 0.182 e. The molecule has 1 fully saturated rings. The molecule has 18 heavy (non-hydrogen) atoms. The summed E-state index contributed by atoms with van der Waals surface area (Å²) in [7, 11) is -3.27. The molecule has 2 rings (SSSR count). The van der Waals surface area contributed by atoms with E-state index in [1.165, 1.54) is 11.8 Å². The molecule has 1 atom stereocenters. The summed E-state index contributed by atoms with van der Waals surface area (Å²) in [4.78, 5) is 1.23. The van der Waals surface area contributed by atoms with Crippen LogP contribution in [0.1, 0.15) is 12.8 Å². The maximum absolute atomic E-state index is 12.4. The van der Waals surface area contributed by atoms with Crippen molar-refractivity contribution in [1.82, 2.24) is 5.32 Å². The molecule has 1 aliphatic heterocycles. The Morgan fingerprint density at radius 2 is 2.22 bits per heavy atom. The van der Waals surface area contributed by atoms with Gasteiger partial charge in [0.2, 0.25) is 0 Å². The van der Waals surface area contributed by atoms with Gasteiger partial charge in [-0.15, -0.1) is 11.8 Å². The van der Waals surface area contributed by atoms with E-state index in [4.69, 9.17) is 11.6 Å². The molecule has 0 spiro atoms. The summed E-state index contributed by atoms with van der Waals surface area (Å²) < 4.78 is 24.9. The Bertz CT molecular complexity index is 525. The van der Waals surface area contributed by atoms with Gasteiger partial charge in [0.05, 0.1) is 15.2 Å². The van der Waals surface area contributed by atoms with Crippen LogP contribution in [0.15, 0.2) is 28.0 Å². The van der Waals surface area contributed by atoms with Crippen LogP contribution in [0.25, 0.3) is 0 Å². The van der Waals surface area contributed by atoms with Crippen molar-refractivity contribution in [2.24, 2.45) is 0 Å². The van der Waals surface area contributed by atoms with Gasteiger partial charge in [-0.1, -0.05) is 11.6 Å². The van der Waals surface area contributed by atoms with Gasteiger partial charge in [0.15, 0.2) is 9.84 Å². The van der Waals surface area contributed by atoms with Crippen molar-refractivity contribution >= 4 is 33.2 Å². The lowest BCUT2D eigenvalue weighted by molar-refractivity contribution is 0.497. The van der Waals surface area contributed by atoms with Crippen LogP contribution in [-0.4, -0.2) is 33.0 Å². The van der Waals surface area contributed by atoms with Gasteiger partial charge in [-0.3, -0.25) is 0 Å². The van der Waals surface area contributed by atoms with E-state index in [1.807, 2.05) is 6.26 Å². The van der Waals surface area contributed by atoms with Gasteiger partial charge in [0, 0.05) is 11.4 Å². The maximum atomic E-state index is 12.4. The number of rotatable bonds is 3. The van der Waals surface area contributed by atoms with Crippen LogP contribution in [0.2, 0.25) is 5.02 Å². The first-order valence-electron chi connectivity index (χ1n) is 5.84. The van der Waals surface area contributed by atoms with Crippen molar-refractivity contribution in [3.05, 3.63) is 23.2 Å². The van der Waals surface area contributed by atoms with E-state index in [2.05, 4.69) is 5.32 Å². The second-order valence-electron chi connectivity index (χ2n) is 4.31. The molecule has 0 amide bonds. The van der Waals surface area contributed by atoms with E-state index >= 15 is 0 Å². The molecule has 3 nitrogen and oxygen atoms in total. The molecule has 1 unspecified atom stereocenters. The highest BCUT2D eigenvalue weighted by atomic mass is 35.5. The highest BCUT2D eigenvalue weighted by Crippen LogP contribution is 2.30. The molecule has 1 N–H and O–H groups in total. The smallest absolute Gasteiger partial charge is 0.182 e. The van der Waals surface area contributed by atoms with Crippen LogP contribution in [0.3, 0.4) is 0 Å². The van der Waals surface area contributed by atoms with Gasteiger partial charge in [0.25, 0.3) is 0 Å². The molecule has 6 heteroatoms. The molecule has 1 aromatic carbocycles. The van der Waals surface area contributed by atoms with Crippen molar-refractivity contribution in [2.45, 2.75) is 27.9 Å². The lowest BCUT2D eigenvalue weighted by Gasteiger charge is -2.23. The van der Waals surface area contributed by atoms with Gasteiger partial charge < -0.3 is 5.32 Å². The lowest BCUT2D eigenvalue weighted by atomic mass is 10.2. The third-order valence-corrected chi connectivity index (χ3v) is 6.55. The zero-order chi connectivity index (χ0) is 13.2. The minimum absolute atomic E-state index is 0.331. The summed E-state index contributed by atoms with van der Waals surface area (Å²) in [5, 5.41) is 3.31. The number of piperidine rings is 1. The van der Waals surface area contributed by atoms with Gasteiger partial charge in [0.1, 0.15) is 0 Å². The fourth-order valence-corrected chi connectivity index (χ4v) is 4.77. The summed E-state index contributed by atoms with van der Waals surface area (Å²) in [6, 6.07) is 5.00. The molecule has 0 bridgehead atoms. The second kappa shape index (κ2) is 5.82. The second-order valence-corrected chi connectivity index (χ2v) is 7.79. The highest BCUT2D eigenvalue weighted by Gasteiger charge is 2.29. The number of benzene rings is 1. The lowest BCUT2D eigenvalue weighted by Crippen LogP contribution is -2.38. The summed E-state index contributed by atoms with van der Waals surface area (Å²) in [6.07, 6.45) is 3.54. The van der Waals surface area contributed by atoms with Crippen LogP contribution in [-0.2, 0) is 9.84 Å². The molecule has 0 saturated carbocycles. The number of halogens is 1. The Morgan fingerprint density at radius 1 is 1.44 bits per heavy atom. The van der Waals surface area contributed by atoms with Crippen LogP contribution in [0, 0.1) is 0 Å². The van der Waals surface area contributed by atoms with Gasteiger partial charge in [-0.05, 0) is 43.8 Å². The summed E-state index contributed by atoms with van der Waals surface area (Å²) in [6.45, 7) is 1.43. The minimum Gasteiger partial charge on any atom is -0.315 e. The Kier molecular flexibility index (Phi) is 4.59. The van der Waals surface area contributed by atoms with E-state index < -0.39 is 9.84 Å². The fourth-order valence-electron chi connectivity index (χ4n) is 2.10.